The second-order valence-electron chi connectivity index (χ2n) is 5.60. The van der Waals surface area contributed by atoms with Gasteiger partial charge in [0, 0.05) is 31.0 Å². The molecule has 0 radical (unpaired) electrons. The normalized spacial score (nSPS) is 10.5. The van der Waals surface area contributed by atoms with Crippen LogP contribution in [-0.4, -0.2) is 24.0 Å². The summed E-state index contributed by atoms with van der Waals surface area (Å²) in [5.74, 6) is 0.0345. The van der Waals surface area contributed by atoms with Crippen molar-refractivity contribution in [3.63, 3.8) is 0 Å². The number of hydrogen-bond donors (Lipinski definition) is 2. The van der Waals surface area contributed by atoms with Crippen LogP contribution in [-0.2, 0) is 11.2 Å². The summed E-state index contributed by atoms with van der Waals surface area (Å²) in [7, 11) is 0. The summed E-state index contributed by atoms with van der Waals surface area (Å²) >= 11 is 1.66. The van der Waals surface area contributed by atoms with Crippen LogP contribution in [0.1, 0.15) is 38.7 Å². The maximum Gasteiger partial charge on any atom is 0.216 e. The number of amides is 1. The first kappa shape index (κ1) is 17.5. The van der Waals surface area contributed by atoms with Crippen molar-refractivity contribution in [2.75, 3.05) is 18.4 Å². The monoisotopic (exact) mass is 331 g/mol. The first-order valence-corrected chi connectivity index (χ1v) is 9.10. The molecule has 2 rings (SSSR count). The van der Waals surface area contributed by atoms with Crippen molar-refractivity contribution in [1.82, 2.24) is 10.3 Å². The van der Waals surface area contributed by atoms with Crippen LogP contribution in [0.3, 0.4) is 0 Å². The molecule has 0 aliphatic carbocycles. The Hall–Kier alpha value is -1.88. The summed E-state index contributed by atoms with van der Waals surface area (Å²) in [6.45, 7) is 5.45. The molecule has 0 fully saturated rings. The zero-order valence-corrected chi connectivity index (χ0v) is 14.7. The van der Waals surface area contributed by atoms with Gasteiger partial charge in [0.2, 0.25) is 5.91 Å². The van der Waals surface area contributed by atoms with Gasteiger partial charge in [0.15, 0.2) is 5.13 Å². The molecule has 1 heterocycles. The van der Waals surface area contributed by atoms with E-state index in [1.165, 1.54) is 18.4 Å². The number of nitrogens with zero attached hydrogens (tertiary/aromatic N) is 1. The number of anilines is 1. The minimum atomic E-state index is 0.0345. The lowest BCUT2D eigenvalue weighted by molar-refractivity contribution is -0.118. The molecule has 2 N–H and O–H groups in total. The van der Waals surface area contributed by atoms with Gasteiger partial charge in [-0.3, -0.25) is 4.79 Å². The number of rotatable bonds is 9. The van der Waals surface area contributed by atoms with Gasteiger partial charge in [-0.1, -0.05) is 37.6 Å². The molecular weight excluding hydrogens is 306 g/mol. The van der Waals surface area contributed by atoms with Crippen molar-refractivity contribution in [1.29, 1.82) is 0 Å². The van der Waals surface area contributed by atoms with Crippen LogP contribution >= 0.6 is 11.3 Å². The maximum absolute atomic E-state index is 10.8. The molecule has 1 amide bonds. The average molecular weight is 331 g/mol. The minimum absolute atomic E-state index is 0.0345. The molecule has 2 aromatic rings. The number of aromatic nitrogens is 1. The first-order chi connectivity index (χ1) is 11.2. The third-order valence-corrected chi connectivity index (χ3v) is 4.38. The van der Waals surface area contributed by atoms with Crippen molar-refractivity contribution in [3.8, 4) is 11.3 Å². The Bertz CT molecular complexity index is 607. The Balaban J connectivity index is 1.85. The van der Waals surface area contributed by atoms with Crippen molar-refractivity contribution in [2.45, 2.75) is 39.5 Å². The van der Waals surface area contributed by atoms with E-state index in [2.05, 4.69) is 52.2 Å². The molecule has 4 nitrogen and oxygen atoms in total. The molecule has 0 aliphatic rings. The quantitative estimate of drug-likeness (QED) is 0.680. The van der Waals surface area contributed by atoms with E-state index in [1.807, 2.05) is 0 Å². The number of hydrogen-bond acceptors (Lipinski definition) is 4. The SMILES string of the molecule is CCCCNc1nc(-c2ccc(CCCNC(C)=O)cc2)cs1. The van der Waals surface area contributed by atoms with Gasteiger partial charge in [0.25, 0.3) is 0 Å². The Morgan fingerprint density at radius 3 is 2.65 bits per heavy atom. The van der Waals surface area contributed by atoms with Crippen LogP contribution in [0.2, 0.25) is 0 Å². The number of thiazole rings is 1. The number of unbranched alkanes of at least 4 members (excludes halogenated alkanes) is 1. The molecule has 0 atom stereocenters. The van der Waals surface area contributed by atoms with Crippen molar-refractivity contribution in [2.24, 2.45) is 0 Å². The summed E-state index contributed by atoms with van der Waals surface area (Å²) in [6.07, 6.45) is 4.29. The first-order valence-electron chi connectivity index (χ1n) is 8.22. The smallest absolute Gasteiger partial charge is 0.216 e. The fraction of sp³-hybridized carbons (Fsp3) is 0.444. The predicted octanol–water partition coefficient (Wildman–Crippen LogP) is 4.09. The molecule has 0 saturated heterocycles. The van der Waals surface area contributed by atoms with Crippen LogP contribution in [0.15, 0.2) is 29.6 Å². The van der Waals surface area contributed by atoms with E-state index in [0.717, 1.165) is 42.3 Å². The number of carbonyl (C=O) groups excluding carboxylic acids is 1. The zero-order chi connectivity index (χ0) is 16.5. The Morgan fingerprint density at radius 2 is 1.96 bits per heavy atom. The standard InChI is InChI=1S/C18H25N3OS/c1-3-4-11-20-18-21-17(13-23-18)16-9-7-15(8-10-16)6-5-12-19-14(2)22/h7-10,13H,3-6,11-12H2,1-2H3,(H,19,22)(H,20,21). The van der Waals surface area contributed by atoms with Gasteiger partial charge < -0.3 is 10.6 Å². The van der Waals surface area contributed by atoms with E-state index < -0.39 is 0 Å². The number of benzene rings is 1. The predicted molar refractivity (Wildman–Crippen MR) is 98.0 cm³/mol. The Morgan fingerprint density at radius 1 is 1.17 bits per heavy atom. The van der Waals surface area contributed by atoms with Gasteiger partial charge in [-0.25, -0.2) is 4.98 Å². The second-order valence-corrected chi connectivity index (χ2v) is 6.46. The second kappa shape index (κ2) is 9.30. The maximum atomic E-state index is 10.8. The van der Waals surface area contributed by atoms with E-state index in [4.69, 9.17) is 0 Å². The van der Waals surface area contributed by atoms with E-state index in [9.17, 15) is 4.79 Å². The lowest BCUT2D eigenvalue weighted by Crippen LogP contribution is -2.21. The summed E-state index contributed by atoms with van der Waals surface area (Å²) in [5, 5.41) is 9.28. The van der Waals surface area contributed by atoms with Crippen molar-refractivity contribution < 1.29 is 4.79 Å². The van der Waals surface area contributed by atoms with Gasteiger partial charge in [0.05, 0.1) is 5.69 Å². The number of nitrogens with one attached hydrogen (secondary N) is 2. The van der Waals surface area contributed by atoms with Crippen LogP contribution in [0.5, 0.6) is 0 Å². The fourth-order valence-electron chi connectivity index (χ4n) is 2.26. The molecular formula is C18H25N3OS. The summed E-state index contributed by atoms with van der Waals surface area (Å²) in [6, 6.07) is 8.54. The van der Waals surface area contributed by atoms with E-state index >= 15 is 0 Å². The highest BCUT2D eigenvalue weighted by Gasteiger charge is 2.04. The van der Waals surface area contributed by atoms with Crippen LogP contribution in [0.4, 0.5) is 5.13 Å². The molecule has 124 valence electrons. The Kier molecular flexibility index (Phi) is 7.07. The third kappa shape index (κ3) is 6.02. The summed E-state index contributed by atoms with van der Waals surface area (Å²) in [4.78, 5) is 15.5. The van der Waals surface area contributed by atoms with Crippen molar-refractivity contribution in [3.05, 3.63) is 35.2 Å². The van der Waals surface area contributed by atoms with Gasteiger partial charge in [0.1, 0.15) is 0 Å². The summed E-state index contributed by atoms with van der Waals surface area (Å²) in [5.41, 5.74) is 3.46. The fourth-order valence-corrected chi connectivity index (χ4v) is 3.01. The van der Waals surface area contributed by atoms with Gasteiger partial charge in [-0.2, -0.15) is 0 Å². The van der Waals surface area contributed by atoms with E-state index in [1.54, 1.807) is 18.3 Å². The largest absolute Gasteiger partial charge is 0.362 e. The van der Waals surface area contributed by atoms with Crippen LogP contribution in [0.25, 0.3) is 11.3 Å². The van der Waals surface area contributed by atoms with Gasteiger partial charge in [-0.15, -0.1) is 11.3 Å². The molecule has 0 bridgehead atoms. The summed E-state index contributed by atoms with van der Waals surface area (Å²) < 4.78 is 0. The number of carbonyl (C=O) groups is 1. The van der Waals surface area contributed by atoms with Crippen LogP contribution in [0, 0.1) is 0 Å². The molecule has 0 saturated carbocycles. The van der Waals surface area contributed by atoms with E-state index in [-0.39, 0.29) is 5.91 Å². The minimum Gasteiger partial charge on any atom is -0.362 e. The molecule has 5 heteroatoms. The van der Waals surface area contributed by atoms with Gasteiger partial charge >= 0.3 is 0 Å². The van der Waals surface area contributed by atoms with Crippen molar-refractivity contribution >= 4 is 22.4 Å². The lowest BCUT2D eigenvalue weighted by atomic mass is 10.1. The lowest BCUT2D eigenvalue weighted by Gasteiger charge is -2.04. The molecule has 0 unspecified atom stereocenters. The highest BCUT2D eigenvalue weighted by Crippen LogP contribution is 2.25. The topological polar surface area (TPSA) is 54.0 Å². The molecule has 1 aromatic heterocycles. The third-order valence-electron chi connectivity index (χ3n) is 3.58. The van der Waals surface area contributed by atoms with Gasteiger partial charge in [-0.05, 0) is 24.8 Å². The Labute approximate surface area is 142 Å². The molecule has 1 aromatic carbocycles. The highest BCUT2D eigenvalue weighted by molar-refractivity contribution is 7.14. The zero-order valence-electron chi connectivity index (χ0n) is 13.9. The van der Waals surface area contributed by atoms with Crippen LogP contribution < -0.4 is 10.6 Å². The molecule has 0 spiro atoms. The number of aryl methyl sites for hydroxylation is 1. The highest BCUT2D eigenvalue weighted by atomic mass is 32.1. The molecule has 0 aliphatic heterocycles. The molecule has 23 heavy (non-hydrogen) atoms. The van der Waals surface area contributed by atoms with E-state index in [0.29, 0.717) is 0 Å². The average Bonchev–Trinajstić information content (AvgIpc) is 3.01.